The summed E-state index contributed by atoms with van der Waals surface area (Å²) in [4.78, 5) is 14.0. The molecule has 1 unspecified atom stereocenters. The lowest BCUT2D eigenvalue weighted by Gasteiger charge is -2.37. The summed E-state index contributed by atoms with van der Waals surface area (Å²) in [5.41, 5.74) is 5.57. The van der Waals surface area contributed by atoms with Crippen LogP contribution in [-0.2, 0) is 4.79 Å². The van der Waals surface area contributed by atoms with Crippen LogP contribution >= 0.6 is 0 Å². The van der Waals surface area contributed by atoms with E-state index < -0.39 is 0 Å². The van der Waals surface area contributed by atoms with Crippen LogP contribution in [0, 0.1) is 11.8 Å². The van der Waals surface area contributed by atoms with E-state index in [4.69, 9.17) is 5.73 Å². The summed E-state index contributed by atoms with van der Waals surface area (Å²) in [5, 5.41) is 0. The predicted octanol–water partition coefficient (Wildman–Crippen LogP) is 1.86. The zero-order valence-electron chi connectivity index (χ0n) is 11.0. The summed E-state index contributed by atoms with van der Waals surface area (Å²) in [6.07, 6.45) is 0.949. The van der Waals surface area contributed by atoms with E-state index in [9.17, 15) is 4.79 Å². The number of amides is 1. The lowest BCUT2D eigenvalue weighted by atomic mass is 9.91. The number of nitrogens with two attached hydrogens (primary N) is 1. The molecule has 3 nitrogen and oxygen atoms in total. The highest BCUT2D eigenvalue weighted by Gasteiger charge is 2.31. The summed E-state index contributed by atoms with van der Waals surface area (Å²) in [6.45, 7) is 10.8. The van der Waals surface area contributed by atoms with Crippen LogP contribution in [0.5, 0.6) is 0 Å². The van der Waals surface area contributed by atoms with Crippen molar-refractivity contribution in [2.45, 2.75) is 46.6 Å². The lowest BCUT2D eigenvalue weighted by molar-refractivity contribution is -0.140. The van der Waals surface area contributed by atoms with Crippen LogP contribution in [-0.4, -0.2) is 29.9 Å². The third kappa shape index (κ3) is 3.49. The molecule has 15 heavy (non-hydrogen) atoms. The van der Waals surface area contributed by atoms with E-state index >= 15 is 0 Å². The number of carbonyl (C=O) groups is 1. The molecule has 0 saturated heterocycles. The monoisotopic (exact) mass is 214 g/mol. The van der Waals surface area contributed by atoms with Crippen molar-refractivity contribution >= 4 is 5.91 Å². The molecule has 0 fully saturated rings. The van der Waals surface area contributed by atoms with E-state index in [1.165, 1.54) is 0 Å². The summed E-state index contributed by atoms with van der Waals surface area (Å²) in [7, 11) is 1.87. The van der Waals surface area contributed by atoms with Crippen molar-refractivity contribution in [3.05, 3.63) is 0 Å². The maximum absolute atomic E-state index is 12.2. The second kappa shape index (κ2) is 5.50. The summed E-state index contributed by atoms with van der Waals surface area (Å²) >= 11 is 0. The van der Waals surface area contributed by atoms with Gasteiger partial charge in [-0.15, -0.1) is 0 Å². The first-order valence-corrected chi connectivity index (χ1v) is 5.75. The molecule has 90 valence electrons. The van der Waals surface area contributed by atoms with Crippen LogP contribution in [0.25, 0.3) is 0 Å². The molecule has 0 aromatic heterocycles. The topological polar surface area (TPSA) is 46.3 Å². The second-order valence-corrected chi connectivity index (χ2v) is 5.15. The van der Waals surface area contributed by atoms with Crippen LogP contribution in [0.4, 0.5) is 0 Å². The third-order valence-corrected chi connectivity index (χ3v) is 3.48. The van der Waals surface area contributed by atoms with E-state index in [0.29, 0.717) is 12.5 Å². The van der Waals surface area contributed by atoms with Gasteiger partial charge >= 0.3 is 0 Å². The first kappa shape index (κ1) is 14.4. The normalized spacial score (nSPS) is 14.1. The van der Waals surface area contributed by atoms with Crippen molar-refractivity contribution in [2.75, 3.05) is 13.6 Å². The molecule has 3 heteroatoms. The molecule has 0 bridgehead atoms. The summed E-state index contributed by atoms with van der Waals surface area (Å²) in [5.74, 6) is 0.415. The van der Waals surface area contributed by atoms with Crippen LogP contribution < -0.4 is 5.73 Å². The number of carbonyl (C=O) groups excluding carboxylic acids is 1. The third-order valence-electron chi connectivity index (χ3n) is 3.48. The SMILES string of the molecule is CCC(C)(C)N(C)C(=O)C(CN)C(C)C. The van der Waals surface area contributed by atoms with Crippen molar-refractivity contribution in [1.82, 2.24) is 4.90 Å². The van der Waals surface area contributed by atoms with Gasteiger partial charge in [0.1, 0.15) is 0 Å². The average Bonchev–Trinajstić information content (AvgIpc) is 2.16. The molecular weight excluding hydrogens is 188 g/mol. The van der Waals surface area contributed by atoms with E-state index in [-0.39, 0.29) is 17.4 Å². The van der Waals surface area contributed by atoms with Crippen LogP contribution in [0.1, 0.15) is 41.0 Å². The molecule has 1 atom stereocenters. The van der Waals surface area contributed by atoms with Gasteiger partial charge in [-0.3, -0.25) is 4.79 Å². The van der Waals surface area contributed by atoms with Gasteiger partial charge in [-0.25, -0.2) is 0 Å². The van der Waals surface area contributed by atoms with Crippen LogP contribution in [0.15, 0.2) is 0 Å². The van der Waals surface area contributed by atoms with Gasteiger partial charge in [-0.1, -0.05) is 20.8 Å². The van der Waals surface area contributed by atoms with Crippen LogP contribution in [0.2, 0.25) is 0 Å². The molecule has 0 aromatic carbocycles. The molecule has 0 aliphatic rings. The van der Waals surface area contributed by atoms with Crippen molar-refractivity contribution in [2.24, 2.45) is 17.6 Å². The van der Waals surface area contributed by atoms with Gasteiger partial charge in [0.05, 0.1) is 5.92 Å². The van der Waals surface area contributed by atoms with E-state index in [2.05, 4.69) is 20.8 Å². The van der Waals surface area contributed by atoms with Gasteiger partial charge < -0.3 is 10.6 Å². The number of rotatable bonds is 5. The average molecular weight is 214 g/mol. The Kier molecular flexibility index (Phi) is 5.29. The Balaban J connectivity index is 4.69. The Morgan fingerprint density at radius 2 is 1.87 bits per heavy atom. The quantitative estimate of drug-likeness (QED) is 0.759. The number of nitrogens with zero attached hydrogens (tertiary/aromatic N) is 1. The molecule has 0 saturated carbocycles. The predicted molar refractivity (Wildman–Crippen MR) is 64.5 cm³/mol. The van der Waals surface area contributed by atoms with Crippen molar-refractivity contribution in [3.8, 4) is 0 Å². The highest BCUT2D eigenvalue weighted by Crippen LogP contribution is 2.21. The minimum atomic E-state index is -0.0839. The maximum atomic E-state index is 12.2. The molecule has 2 N–H and O–H groups in total. The minimum Gasteiger partial charge on any atom is -0.340 e. The largest absolute Gasteiger partial charge is 0.340 e. The lowest BCUT2D eigenvalue weighted by Crippen LogP contribution is -2.49. The van der Waals surface area contributed by atoms with E-state index in [0.717, 1.165) is 6.42 Å². The van der Waals surface area contributed by atoms with Crippen molar-refractivity contribution in [1.29, 1.82) is 0 Å². The molecule has 0 spiro atoms. The Hall–Kier alpha value is -0.570. The fourth-order valence-corrected chi connectivity index (χ4v) is 1.44. The fraction of sp³-hybridized carbons (Fsp3) is 0.917. The van der Waals surface area contributed by atoms with Gasteiger partial charge in [0, 0.05) is 19.1 Å². The Morgan fingerprint density at radius 1 is 1.40 bits per heavy atom. The highest BCUT2D eigenvalue weighted by molar-refractivity contribution is 5.79. The maximum Gasteiger partial charge on any atom is 0.227 e. The van der Waals surface area contributed by atoms with Crippen LogP contribution in [0.3, 0.4) is 0 Å². The summed E-state index contributed by atoms with van der Waals surface area (Å²) in [6, 6.07) is 0. The van der Waals surface area contributed by atoms with Gasteiger partial charge in [-0.2, -0.15) is 0 Å². The van der Waals surface area contributed by atoms with Gasteiger partial charge in [-0.05, 0) is 26.2 Å². The Labute approximate surface area is 94.0 Å². The number of hydrogen-bond acceptors (Lipinski definition) is 2. The van der Waals surface area contributed by atoms with Crippen molar-refractivity contribution < 1.29 is 4.79 Å². The first-order chi connectivity index (χ1) is 6.77. The van der Waals surface area contributed by atoms with Crippen molar-refractivity contribution in [3.63, 3.8) is 0 Å². The molecular formula is C12H26N2O. The first-order valence-electron chi connectivity index (χ1n) is 5.75. The summed E-state index contributed by atoms with van der Waals surface area (Å²) < 4.78 is 0. The molecule has 0 aliphatic heterocycles. The fourth-order valence-electron chi connectivity index (χ4n) is 1.44. The smallest absolute Gasteiger partial charge is 0.227 e. The molecule has 0 rings (SSSR count). The van der Waals surface area contributed by atoms with Gasteiger partial charge in [0.2, 0.25) is 5.91 Å². The Morgan fingerprint density at radius 3 is 2.13 bits per heavy atom. The van der Waals surface area contributed by atoms with E-state index in [1.807, 2.05) is 25.8 Å². The zero-order valence-corrected chi connectivity index (χ0v) is 11.0. The molecule has 0 radical (unpaired) electrons. The molecule has 0 heterocycles. The number of hydrogen-bond donors (Lipinski definition) is 1. The van der Waals surface area contributed by atoms with Gasteiger partial charge in [0.15, 0.2) is 0 Å². The standard InChI is InChI=1S/C12H26N2O/c1-7-12(4,5)14(6)11(15)10(8-13)9(2)3/h9-10H,7-8,13H2,1-6H3. The highest BCUT2D eigenvalue weighted by atomic mass is 16.2. The second-order valence-electron chi connectivity index (χ2n) is 5.15. The molecule has 0 aromatic rings. The van der Waals surface area contributed by atoms with Gasteiger partial charge in [0.25, 0.3) is 0 Å². The minimum absolute atomic E-state index is 0.0548. The molecule has 0 aliphatic carbocycles. The Bertz CT molecular complexity index is 212. The zero-order chi connectivity index (χ0) is 12.2. The molecule has 1 amide bonds. The van der Waals surface area contributed by atoms with E-state index in [1.54, 1.807) is 0 Å².